The van der Waals surface area contributed by atoms with Crippen LogP contribution in [0, 0.1) is 0 Å². The third-order valence-electron chi connectivity index (χ3n) is 4.32. The number of hydrogen-bond donors (Lipinski definition) is 1. The van der Waals surface area contributed by atoms with Gasteiger partial charge in [-0.3, -0.25) is 9.59 Å². The molecule has 0 saturated carbocycles. The summed E-state index contributed by atoms with van der Waals surface area (Å²) in [6.07, 6.45) is 3.83. The Bertz CT molecular complexity index is 817. The number of H-pyrrole nitrogens is 1. The van der Waals surface area contributed by atoms with Crippen molar-refractivity contribution in [2.24, 2.45) is 0 Å². The Kier molecular flexibility index (Phi) is 3.42. The summed E-state index contributed by atoms with van der Waals surface area (Å²) in [5, 5.41) is 8.03. The van der Waals surface area contributed by atoms with Crippen molar-refractivity contribution in [2.45, 2.75) is 25.2 Å². The Morgan fingerprint density at radius 2 is 2.35 bits per heavy atom. The van der Waals surface area contributed by atoms with Crippen LogP contribution in [0.4, 0.5) is 0 Å². The fourth-order valence-electron chi connectivity index (χ4n) is 3.13. The van der Waals surface area contributed by atoms with E-state index in [2.05, 4.69) is 15.3 Å². The maximum absolute atomic E-state index is 12.6. The second kappa shape index (κ2) is 5.47. The van der Waals surface area contributed by atoms with Gasteiger partial charge in [-0.2, -0.15) is 0 Å². The van der Waals surface area contributed by atoms with E-state index in [1.807, 2.05) is 4.68 Å². The van der Waals surface area contributed by atoms with Gasteiger partial charge in [0.2, 0.25) is 0 Å². The molecule has 0 radical (unpaired) electrons. The van der Waals surface area contributed by atoms with Crippen molar-refractivity contribution in [3.63, 3.8) is 0 Å². The molecule has 0 spiro atoms. The number of nitrogens with one attached hydrogen (secondary N) is 1. The third kappa shape index (κ3) is 2.43. The first-order chi connectivity index (χ1) is 11.1. The molecular formula is C14H14ClN5O3. The molecule has 0 aliphatic carbocycles. The number of carbonyl (C=O) groups excluding carboxylic acids is 1. The SMILES string of the molecule is O=C(c1c[nH]c(=O)c(Cl)c1)N1CC[C@H]2OCc3cnnn3[C@H]2C1. The summed E-state index contributed by atoms with van der Waals surface area (Å²) in [7, 11) is 0. The van der Waals surface area contributed by atoms with Gasteiger partial charge < -0.3 is 14.6 Å². The summed E-state index contributed by atoms with van der Waals surface area (Å²) in [5.74, 6) is -0.172. The third-order valence-corrected chi connectivity index (χ3v) is 4.60. The Morgan fingerprint density at radius 1 is 1.48 bits per heavy atom. The number of ether oxygens (including phenoxy) is 1. The first-order valence-electron chi connectivity index (χ1n) is 7.31. The minimum atomic E-state index is -0.408. The lowest BCUT2D eigenvalue weighted by Crippen LogP contribution is -2.50. The van der Waals surface area contributed by atoms with Gasteiger partial charge >= 0.3 is 0 Å². The van der Waals surface area contributed by atoms with Crippen LogP contribution in [0.15, 0.2) is 23.3 Å². The standard InChI is InChI=1S/C14H14ClN5O3/c15-10-3-8(4-16-13(10)21)14(22)19-2-1-12-11(6-19)20-9(7-23-12)5-17-18-20/h3-5,11-12H,1-2,6-7H2,(H,16,21)/t11-,12+/m0/s1. The quantitative estimate of drug-likeness (QED) is 0.824. The molecule has 1 amide bonds. The van der Waals surface area contributed by atoms with Crippen LogP contribution in [0.5, 0.6) is 0 Å². The molecule has 1 saturated heterocycles. The number of fused-ring (bicyclic) bond motifs is 3. The Balaban J connectivity index is 1.58. The number of carbonyl (C=O) groups is 1. The number of aromatic nitrogens is 4. The van der Waals surface area contributed by atoms with E-state index in [4.69, 9.17) is 16.3 Å². The molecule has 1 N–H and O–H groups in total. The van der Waals surface area contributed by atoms with E-state index in [9.17, 15) is 9.59 Å². The number of halogens is 1. The average Bonchev–Trinajstić information content (AvgIpc) is 3.05. The van der Waals surface area contributed by atoms with Crippen LogP contribution in [0.25, 0.3) is 0 Å². The average molecular weight is 336 g/mol. The van der Waals surface area contributed by atoms with E-state index in [-0.39, 0.29) is 23.1 Å². The molecule has 120 valence electrons. The number of piperidine rings is 1. The van der Waals surface area contributed by atoms with Gasteiger partial charge in [0.25, 0.3) is 11.5 Å². The normalized spacial score (nSPS) is 23.3. The van der Waals surface area contributed by atoms with Gasteiger partial charge in [-0.05, 0) is 12.5 Å². The van der Waals surface area contributed by atoms with Gasteiger partial charge in [0.05, 0.1) is 36.2 Å². The molecule has 9 heteroatoms. The van der Waals surface area contributed by atoms with Crippen molar-refractivity contribution in [3.05, 3.63) is 45.1 Å². The maximum atomic E-state index is 12.6. The lowest BCUT2D eigenvalue weighted by molar-refractivity contribution is -0.0605. The zero-order chi connectivity index (χ0) is 16.0. The van der Waals surface area contributed by atoms with Crippen LogP contribution in [0.1, 0.15) is 28.5 Å². The number of pyridine rings is 1. The van der Waals surface area contributed by atoms with Gasteiger partial charge in [-0.15, -0.1) is 5.10 Å². The largest absolute Gasteiger partial charge is 0.370 e. The van der Waals surface area contributed by atoms with Crippen molar-refractivity contribution >= 4 is 17.5 Å². The molecular weight excluding hydrogens is 322 g/mol. The maximum Gasteiger partial charge on any atom is 0.266 e. The first kappa shape index (κ1) is 14.4. The number of likely N-dealkylation sites (tertiary alicyclic amines) is 1. The highest BCUT2D eigenvalue weighted by Gasteiger charge is 2.38. The fourth-order valence-corrected chi connectivity index (χ4v) is 3.30. The van der Waals surface area contributed by atoms with Crippen LogP contribution < -0.4 is 5.56 Å². The predicted molar refractivity (Wildman–Crippen MR) is 80.2 cm³/mol. The lowest BCUT2D eigenvalue weighted by atomic mass is 10.00. The smallest absolute Gasteiger partial charge is 0.266 e. The van der Waals surface area contributed by atoms with Crippen molar-refractivity contribution in [1.82, 2.24) is 24.9 Å². The van der Waals surface area contributed by atoms with Crippen LogP contribution in [-0.2, 0) is 11.3 Å². The van der Waals surface area contributed by atoms with Crippen molar-refractivity contribution in [3.8, 4) is 0 Å². The van der Waals surface area contributed by atoms with Gasteiger partial charge in [0, 0.05) is 19.3 Å². The highest BCUT2D eigenvalue weighted by molar-refractivity contribution is 6.30. The first-order valence-corrected chi connectivity index (χ1v) is 7.69. The summed E-state index contributed by atoms with van der Waals surface area (Å²) in [6.45, 7) is 1.56. The number of nitrogens with zero attached hydrogens (tertiary/aromatic N) is 4. The fraction of sp³-hybridized carbons (Fsp3) is 0.429. The Hall–Kier alpha value is -2.19. The topological polar surface area (TPSA) is 93.1 Å². The molecule has 0 unspecified atom stereocenters. The highest BCUT2D eigenvalue weighted by Crippen LogP contribution is 2.30. The Morgan fingerprint density at radius 3 is 3.17 bits per heavy atom. The molecule has 0 aromatic carbocycles. The van der Waals surface area contributed by atoms with Gasteiger partial charge in [-0.25, -0.2) is 4.68 Å². The summed E-state index contributed by atoms with van der Waals surface area (Å²) in [6, 6.07) is 1.35. The molecule has 2 atom stereocenters. The van der Waals surface area contributed by atoms with Crippen LogP contribution >= 0.6 is 11.6 Å². The van der Waals surface area contributed by atoms with Crippen molar-refractivity contribution in [1.29, 1.82) is 0 Å². The minimum absolute atomic E-state index is 0.00491. The zero-order valence-electron chi connectivity index (χ0n) is 12.1. The summed E-state index contributed by atoms with van der Waals surface area (Å²) in [4.78, 5) is 28.2. The van der Waals surface area contributed by atoms with E-state index in [1.165, 1.54) is 12.3 Å². The van der Waals surface area contributed by atoms with Gasteiger partial charge in [-0.1, -0.05) is 16.8 Å². The molecule has 2 aromatic heterocycles. The van der Waals surface area contributed by atoms with E-state index < -0.39 is 5.56 Å². The van der Waals surface area contributed by atoms with E-state index in [0.29, 0.717) is 25.3 Å². The van der Waals surface area contributed by atoms with E-state index >= 15 is 0 Å². The lowest BCUT2D eigenvalue weighted by Gasteiger charge is -2.41. The molecule has 8 nitrogen and oxygen atoms in total. The second-order valence-electron chi connectivity index (χ2n) is 5.69. The van der Waals surface area contributed by atoms with Crippen molar-refractivity contribution < 1.29 is 9.53 Å². The molecule has 2 aliphatic rings. The van der Waals surface area contributed by atoms with Gasteiger partial charge in [0.15, 0.2) is 0 Å². The van der Waals surface area contributed by atoms with E-state index in [0.717, 1.165) is 12.1 Å². The summed E-state index contributed by atoms with van der Waals surface area (Å²) >= 11 is 5.80. The van der Waals surface area contributed by atoms with Crippen molar-refractivity contribution in [2.75, 3.05) is 13.1 Å². The molecule has 4 rings (SSSR count). The number of amides is 1. The van der Waals surface area contributed by atoms with Crippen LogP contribution in [0.2, 0.25) is 5.02 Å². The van der Waals surface area contributed by atoms with E-state index in [1.54, 1.807) is 11.1 Å². The molecule has 2 aliphatic heterocycles. The molecule has 1 fully saturated rings. The molecule has 0 bridgehead atoms. The summed E-state index contributed by atoms with van der Waals surface area (Å²) < 4.78 is 7.67. The number of hydrogen-bond acceptors (Lipinski definition) is 5. The predicted octanol–water partition coefficient (Wildman–Crippen LogP) is 0.606. The molecule has 2 aromatic rings. The van der Waals surface area contributed by atoms with Crippen LogP contribution in [0.3, 0.4) is 0 Å². The number of aromatic amines is 1. The highest BCUT2D eigenvalue weighted by atomic mass is 35.5. The summed E-state index contributed by atoms with van der Waals surface area (Å²) in [5.41, 5.74) is 0.867. The molecule has 4 heterocycles. The monoisotopic (exact) mass is 335 g/mol. The second-order valence-corrected chi connectivity index (χ2v) is 6.10. The zero-order valence-corrected chi connectivity index (χ0v) is 12.9. The van der Waals surface area contributed by atoms with Crippen LogP contribution in [-0.4, -0.2) is 50.0 Å². The minimum Gasteiger partial charge on any atom is -0.370 e. The Labute approximate surface area is 136 Å². The number of rotatable bonds is 1. The van der Waals surface area contributed by atoms with Gasteiger partial charge in [0.1, 0.15) is 5.02 Å². The molecule has 23 heavy (non-hydrogen) atoms.